The summed E-state index contributed by atoms with van der Waals surface area (Å²) in [5.41, 5.74) is 0.991. The molecule has 2 rings (SSSR count). The Hall–Kier alpha value is -2.02. The van der Waals surface area contributed by atoms with Crippen molar-refractivity contribution in [3.05, 3.63) is 29.8 Å². The average Bonchev–Trinajstić information content (AvgIpc) is 2.40. The van der Waals surface area contributed by atoms with Gasteiger partial charge in [-0.3, -0.25) is 4.79 Å². The Morgan fingerprint density at radius 2 is 2.39 bits per heavy atom. The lowest BCUT2D eigenvalue weighted by molar-refractivity contribution is -0.124. The summed E-state index contributed by atoms with van der Waals surface area (Å²) in [6, 6.07) is 9.65. The van der Waals surface area contributed by atoms with Crippen LogP contribution >= 0.6 is 0 Å². The van der Waals surface area contributed by atoms with Crippen LogP contribution in [0.2, 0.25) is 0 Å². The highest BCUT2D eigenvalue weighted by Gasteiger charge is 2.25. The number of carbonyl (C=O) groups excluding carboxylic acids is 1. The molecule has 94 valence electrons. The maximum absolute atomic E-state index is 11.9. The Bertz CT molecular complexity index is 479. The number of fused-ring (bicyclic) bond motifs is 1. The quantitative estimate of drug-likeness (QED) is 0.886. The third-order valence-electron chi connectivity index (χ3n) is 3.16. The van der Waals surface area contributed by atoms with Crippen LogP contribution in [0.25, 0.3) is 0 Å². The standard InChI is InChI=1S/C14H16N2O2/c1-2-10(9-15)14(17)16-12-7-8-18-13-6-4-3-5-11(12)13/h3-6,10,12H,2,7-8H2,1H3,(H,16,17). The molecule has 0 bridgehead atoms. The van der Waals surface area contributed by atoms with Crippen molar-refractivity contribution in [3.8, 4) is 11.8 Å². The number of hydrogen-bond donors (Lipinski definition) is 1. The molecule has 1 N–H and O–H groups in total. The first-order valence-electron chi connectivity index (χ1n) is 6.18. The third-order valence-corrected chi connectivity index (χ3v) is 3.16. The first-order valence-corrected chi connectivity index (χ1v) is 6.18. The van der Waals surface area contributed by atoms with E-state index in [1.165, 1.54) is 0 Å². The number of hydrogen-bond acceptors (Lipinski definition) is 3. The number of carbonyl (C=O) groups is 1. The molecule has 0 spiro atoms. The highest BCUT2D eigenvalue weighted by molar-refractivity contribution is 5.81. The van der Waals surface area contributed by atoms with E-state index in [9.17, 15) is 4.79 Å². The van der Waals surface area contributed by atoms with Gasteiger partial charge in [-0.15, -0.1) is 0 Å². The number of nitrogens with zero attached hydrogens (tertiary/aromatic N) is 1. The fraction of sp³-hybridized carbons (Fsp3) is 0.429. The molecule has 1 amide bonds. The number of nitriles is 1. The van der Waals surface area contributed by atoms with E-state index in [-0.39, 0.29) is 11.9 Å². The molecule has 0 radical (unpaired) electrons. The molecule has 4 nitrogen and oxygen atoms in total. The molecule has 2 unspecified atom stereocenters. The molecule has 1 heterocycles. The van der Waals surface area contributed by atoms with E-state index >= 15 is 0 Å². The Labute approximate surface area is 107 Å². The molecule has 1 aromatic rings. The van der Waals surface area contributed by atoms with Gasteiger partial charge in [0.1, 0.15) is 11.7 Å². The predicted molar refractivity (Wildman–Crippen MR) is 66.8 cm³/mol. The first kappa shape index (κ1) is 12.4. The number of amides is 1. The second-order valence-electron chi connectivity index (χ2n) is 4.33. The SMILES string of the molecule is CCC(C#N)C(=O)NC1CCOc2ccccc21. The number of para-hydroxylation sites is 1. The van der Waals surface area contributed by atoms with Gasteiger partial charge in [0.05, 0.1) is 18.7 Å². The van der Waals surface area contributed by atoms with E-state index in [2.05, 4.69) is 5.32 Å². The summed E-state index contributed by atoms with van der Waals surface area (Å²) in [6.07, 6.45) is 1.28. The van der Waals surface area contributed by atoms with Crippen molar-refractivity contribution in [2.45, 2.75) is 25.8 Å². The van der Waals surface area contributed by atoms with Gasteiger partial charge in [0.25, 0.3) is 0 Å². The number of rotatable bonds is 3. The van der Waals surface area contributed by atoms with Crippen LogP contribution in [0.5, 0.6) is 5.75 Å². The lowest BCUT2D eigenvalue weighted by Gasteiger charge is -2.27. The van der Waals surface area contributed by atoms with Gasteiger partial charge in [-0.1, -0.05) is 25.1 Å². The minimum absolute atomic E-state index is 0.0511. The Balaban J connectivity index is 2.12. The molecule has 0 saturated carbocycles. The second kappa shape index (κ2) is 5.54. The van der Waals surface area contributed by atoms with Crippen LogP contribution in [0.1, 0.15) is 31.4 Å². The zero-order valence-corrected chi connectivity index (χ0v) is 10.3. The predicted octanol–water partition coefficient (Wildman–Crippen LogP) is 2.18. The van der Waals surface area contributed by atoms with Crippen molar-refractivity contribution in [3.63, 3.8) is 0 Å². The molecule has 1 aliphatic rings. The Morgan fingerprint density at radius 3 is 3.11 bits per heavy atom. The lowest BCUT2D eigenvalue weighted by atomic mass is 9.99. The normalized spacial score (nSPS) is 19.0. The second-order valence-corrected chi connectivity index (χ2v) is 4.33. The molecular formula is C14H16N2O2. The minimum Gasteiger partial charge on any atom is -0.493 e. The third kappa shape index (κ3) is 2.45. The van der Waals surface area contributed by atoms with Crippen molar-refractivity contribution < 1.29 is 9.53 Å². The molecule has 0 aromatic heterocycles. The highest BCUT2D eigenvalue weighted by atomic mass is 16.5. The molecule has 0 aliphatic carbocycles. The van der Waals surface area contributed by atoms with Gasteiger partial charge in [-0.25, -0.2) is 0 Å². The van der Waals surface area contributed by atoms with Crippen molar-refractivity contribution in [2.75, 3.05) is 6.61 Å². The Kier molecular flexibility index (Phi) is 3.83. The molecule has 0 saturated heterocycles. The largest absolute Gasteiger partial charge is 0.493 e. The van der Waals surface area contributed by atoms with Crippen LogP contribution in [0.4, 0.5) is 0 Å². The summed E-state index contributed by atoms with van der Waals surface area (Å²) in [5.74, 6) is 0.0563. The van der Waals surface area contributed by atoms with Crippen LogP contribution < -0.4 is 10.1 Å². The summed E-state index contributed by atoms with van der Waals surface area (Å²) in [6.45, 7) is 2.43. The zero-order valence-electron chi connectivity index (χ0n) is 10.3. The molecule has 2 atom stereocenters. The van der Waals surface area contributed by atoms with E-state index in [1.807, 2.05) is 37.3 Å². The summed E-state index contributed by atoms with van der Waals surface area (Å²) in [5, 5.41) is 11.8. The zero-order chi connectivity index (χ0) is 13.0. The summed E-state index contributed by atoms with van der Waals surface area (Å²) in [7, 11) is 0. The van der Waals surface area contributed by atoms with Gasteiger partial charge >= 0.3 is 0 Å². The van der Waals surface area contributed by atoms with Crippen LogP contribution in [0.3, 0.4) is 0 Å². The van der Waals surface area contributed by atoms with Gasteiger partial charge in [-0.05, 0) is 12.5 Å². The van der Waals surface area contributed by atoms with Crippen molar-refractivity contribution >= 4 is 5.91 Å². The monoisotopic (exact) mass is 244 g/mol. The lowest BCUT2D eigenvalue weighted by Crippen LogP contribution is -2.35. The number of benzene rings is 1. The average molecular weight is 244 g/mol. The van der Waals surface area contributed by atoms with Crippen LogP contribution in [-0.2, 0) is 4.79 Å². The number of ether oxygens (including phenoxy) is 1. The first-order chi connectivity index (χ1) is 8.76. The van der Waals surface area contributed by atoms with E-state index in [0.29, 0.717) is 13.0 Å². The van der Waals surface area contributed by atoms with Gasteiger partial charge in [0.2, 0.25) is 5.91 Å². The van der Waals surface area contributed by atoms with Crippen LogP contribution in [0.15, 0.2) is 24.3 Å². The van der Waals surface area contributed by atoms with Crippen LogP contribution in [-0.4, -0.2) is 12.5 Å². The van der Waals surface area contributed by atoms with Gasteiger partial charge < -0.3 is 10.1 Å². The molecule has 1 aromatic carbocycles. The van der Waals surface area contributed by atoms with Crippen molar-refractivity contribution in [2.24, 2.45) is 5.92 Å². The van der Waals surface area contributed by atoms with Crippen molar-refractivity contribution in [1.82, 2.24) is 5.32 Å². The van der Waals surface area contributed by atoms with Gasteiger partial charge in [0, 0.05) is 12.0 Å². The topological polar surface area (TPSA) is 62.1 Å². The number of nitrogens with one attached hydrogen (secondary N) is 1. The molecule has 0 fully saturated rings. The molecular weight excluding hydrogens is 228 g/mol. The van der Waals surface area contributed by atoms with E-state index in [0.717, 1.165) is 17.7 Å². The summed E-state index contributed by atoms with van der Waals surface area (Å²) >= 11 is 0. The van der Waals surface area contributed by atoms with E-state index in [1.54, 1.807) is 0 Å². The van der Waals surface area contributed by atoms with E-state index < -0.39 is 5.92 Å². The molecule has 4 heteroatoms. The van der Waals surface area contributed by atoms with Crippen LogP contribution in [0, 0.1) is 17.2 Å². The summed E-state index contributed by atoms with van der Waals surface area (Å²) < 4.78 is 5.53. The van der Waals surface area contributed by atoms with E-state index in [4.69, 9.17) is 10.00 Å². The maximum atomic E-state index is 11.9. The smallest absolute Gasteiger partial charge is 0.237 e. The van der Waals surface area contributed by atoms with Gasteiger partial charge in [0.15, 0.2) is 0 Å². The molecule has 18 heavy (non-hydrogen) atoms. The maximum Gasteiger partial charge on any atom is 0.237 e. The highest BCUT2D eigenvalue weighted by Crippen LogP contribution is 2.31. The fourth-order valence-corrected chi connectivity index (χ4v) is 2.10. The van der Waals surface area contributed by atoms with Gasteiger partial charge in [-0.2, -0.15) is 5.26 Å². The molecule has 1 aliphatic heterocycles. The fourth-order valence-electron chi connectivity index (χ4n) is 2.10. The summed E-state index contributed by atoms with van der Waals surface area (Å²) in [4.78, 5) is 11.9. The van der Waals surface area contributed by atoms with Crippen molar-refractivity contribution in [1.29, 1.82) is 5.26 Å². The minimum atomic E-state index is -0.569. The Morgan fingerprint density at radius 1 is 1.61 bits per heavy atom.